The van der Waals surface area contributed by atoms with Gasteiger partial charge in [0, 0.05) is 34.5 Å². The molecule has 5 heterocycles. The van der Waals surface area contributed by atoms with E-state index in [0.717, 1.165) is 0 Å². The molecule has 3 atom stereocenters. The third-order valence-corrected chi connectivity index (χ3v) is 15.3. The van der Waals surface area contributed by atoms with Crippen molar-refractivity contribution in [2.75, 3.05) is 31.1 Å². The van der Waals surface area contributed by atoms with Crippen molar-refractivity contribution in [3.05, 3.63) is 75.2 Å². The molecule has 1 amide bonds. The summed E-state index contributed by atoms with van der Waals surface area (Å²) in [6.07, 6.45) is 0.654. The Morgan fingerprint density at radius 1 is 1.10 bits per heavy atom. The molecular weight excluding hydrogens is 674 g/mol. The number of carbonyl (C=O) groups is 1. The van der Waals surface area contributed by atoms with Crippen molar-refractivity contribution in [2.45, 2.75) is 96.4 Å². The van der Waals surface area contributed by atoms with E-state index in [1.165, 1.54) is 12.1 Å². The summed E-state index contributed by atoms with van der Waals surface area (Å²) in [5.74, 6) is 4.88. The minimum atomic E-state index is -2.45. The third-order valence-electron chi connectivity index (χ3n) is 10.8. The van der Waals surface area contributed by atoms with Gasteiger partial charge in [-0.25, -0.2) is 23.6 Å². The maximum Gasteiger partial charge on any atom is 0.410 e. The number of nitrogens with zero attached hydrogens (tertiary/aromatic N) is 3. The van der Waals surface area contributed by atoms with Crippen molar-refractivity contribution in [3.63, 3.8) is 0 Å². The first-order valence-electron chi connectivity index (χ1n) is 17.1. The van der Waals surface area contributed by atoms with Crippen molar-refractivity contribution in [1.29, 1.82) is 0 Å². The highest BCUT2D eigenvalue weighted by atomic mass is 28.4. The van der Waals surface area contributed by atoms with Crippen LogP contribution in [0.5, 0.6) is 0 Å². The molecule has 0 aliphatic carbocycles. The second-order valence-electron chi connectivity index (χ2n) is 16.1. The molecule has 0 spiro atoms. The van der Waals surface area contributed by atoms with Gasteiger partial charge < -0.3 is 33.7 Å². The van der Waals surface area contributed by atoms with Gasteiger partial charge in [0.2, 0.25) is 5.76 Å². The van der Waals surface area contributed by atoms with Gasteiger partial charge in [0.15, 0.2) is 25.8 Å². The van der Waals surface area contributed by atoms with Gasteiger partial charge in [-0.2, -0.15) is 0 Å². The highest BCUT2D eigenvalue weighted by Gasteiger charge is 2.53. The van der Waals surface area contributed by atoms with Gasteiger partial charge in [-0.3, -0.25) is 0 Å². The van der Waals surface area contributed by atoms with Gasteiger partial charge in [0.1, 0.15) is 29.7 Å². The van der Waals surface area contributed by atoms with Gasteiger partial charge in [0.05, 0.1) is 42.2 Å². The number of halogens is 1. The zero-order chi connectivity index (χ0) is 37.4. The van der Waals surface area contributed by atoms with Crippen molar-refractivity contribution in [3.8, 4) is 0 Å². The van der Waals surface area contributed by atoms with Gasteiger partial charge in [0.25, 0.3) is 0 Å². The molecule has 13 heteroatoms. The number of hydrogen-bond acceptors (Lipinski definition) is 10. The van der Waals surface area contributed by atoms with Crippen LogP contribution < -0.4 is 4.90 Å². The Morgan fingerprint density at radius 2 is 1.80 bits per heavy atom. The van der Waals surface area contributed by atoms with Crippen molar-refractivity contribution < 1.29 is 42.6 Å². The largest absolute Gasteiger partial charge is 0.479 e. The zero-order valence-corrected chi connectivity index (χ0v) is 31.5. The van der Waals surface area contributed by atoms with Gasteiger partial charge in [-0.05, 0) is 69.6 Å². The Hall–Kier alpha value is -4.47. The van der Waals surface area contributed by atoms with E-state index < -0.39 is 43.6 Å². The Labute approximate surface area is 298 Å². The van der Waals surface area contributed by atoms with E-state index in [2.05, 4.69) is 33.9 Å². The number of carbonyl (C=O) groups excluding carboxylic acids is 4. The molecule has 0 radical (unpaired) electrons. The molecular formula is C38H44FN3O8Si. The molecule has 6 rings (SSSR count). The predicted octanol–water partition coefficient (Wildman–Crippen LogP) is 5.24. The number of aliphatic hydroxyl groups is 1. The summed E-state index contributed by atoms with van der Waals surface area (Å²) >= 11 is 0. The molecule has 270 valence electrons. The molecule has 0 unspecified atom stereocenters. The first kappa shape index (κ1) is 36.3. The standard InChI is InChI=1S/C38H44FN3O8Si/c1-10-38(47)26-14-28-34-24(18-43)23-13-22(39)11-12-27(23)42(30(34)16-41(28)31(19-44)25(26)21-48-33(38)20-45)29-15-40(35(46)49-36(2,3)4)17-32(29)50-51(8,9)37(5,6)7/h11-14,29,32,47H,10,15-17,21H2,1-9H3/t29-,32-,38-/m0/s1. The Bertz CT molecular complexity index is 1970. The molecule has 1 N–H and O–H groups in total. The number of likely N-dealkylation sites (tertiary alicyclic amines) is 1. The topological polar surface area (TPSA) is 126 Å². The minimum absolute atomic E-state index is 0.0316. The van der Waals surface area contributed by atoms with Crippen LogP contribution in [0.3, 0.4) is 0 Å². The number of rotatable bonds is 4. The average molecular weight is 718 g/mol. The Balaban J connectivity index is 1.57. The first-order valence-corrected chi connectivity index (χ1v) is 20.0. The van der Waals surface area contributed by atoms with Gasteiger partial charge in [-0.15, -0.1) is 0 Å². The van der Waals surface area contributed by atoms with Crippen LogP contribution in [0.15, 0.2) is 63.8 Å². The number of allylic oxidation sites excluding steroid dienone is 1. The minimum Gasteiger partial charge on any atom is -0.479 e. The van der Waals surface area contributed by atoms with E-state index in [1.54, 1.807) is 55.6 Å². The summed E-state index contributed by atoms with van der Waals surface area (Å²) < 4.78 is 33.5. The van der Waals surface area contributed by atoms with E-state index in [1.807, 2.05) is 16.8 Å². The zero-order valence-electron chi connectivity index (χ0n) is 30.5. The average Bonchev–Trinajstić information content (AvgIpc) is 3.63. The van der Waals surface area contributed by atoms with Crippen LogP contribution >= 0.6 is 0 Å². The second kappa shape index (κ2) is 12.3. The lowest BCUT2D eigenvalue weighted by Crippen LogP contribution is -2.52. The van der Waals surface area contributed by atoms with Crippen LogP contribution in [-0.2, 0) is 28.3 Å². The lowest BCUT2D eigenvalue weighted by atomic mass is 9.79. The van der Waals surface area contributed by atoms with Crippen LogP contribution in [0.25, 0.3) is 5.57 Å². The number of hydrogen-bond donors (Lipinski definition) is 1. The fraction of sp³-hybridized carbons (Fsp3) is 0.500. The van der Waals surface area contributed by atoms with Crippen molar-refractivity contribution in [2.24, 2.45) is 0 Å². The fourth-order valence-corrected chi connectivity index (χ4v) is 8.59. The molecule has 5 aliphatic rings. The monoisotopic (exact) mass is 717 g/mol. The normalized spacial score (nSPS) is 24.6. The predicted molar refractivity (Wildman–Crippen MR) is 190 cm³/mol. The summed E-state index contributed by atoms with van der Waals surface area (Å²) in [4.78, 5) is 56.5. The lowest BCUT2D eigenvalue weighted by Gasteiger charge is -2.43. The highest BCUT2D eigenvalue weighted by Crippen LogP contribution is 2.54. The van der Waals surface area contributed by atoms with E-state index >= 15 is 4.39 Å². The smallest absolute Gasteiger partial charge is 0.410 e. The summed E-state index contributed by atoms with van der Waals surface area (Å²) in [6.45, 7) is 18.0. The molecule has 51 heavy (non-hydrogen) atoms. The van der Waals surface area contributed by atoms with Crippen LogP contribution in [0.2, 0.25) is 18.1 Å². The first-order chi connectivity index (χ1) is 23.8. The Kier molecular flexibility index (Phi) is 8.79. The maximum atomic E-state index is 15.1. The molecule has 0 bridgehead atoms. The highest BCUT2D eigenvalue weighted by molar-refractivity contribution is 6.74. The number of anilines is 1. The molecule has 1 fully saturated rings. The summed E-state index contributed by atoms with van der Waals surface area (Å²) in [7, 11) is -2.45. The SMILES string of the molecule is CC[C@@]1(O)C(=C=O)OCC2=C1C=C1C3=C(CN1C2=C=O)N([C@H]1CN(C(=O)OC(C)(C)C)C[C@@H]1O[Si](C)(C)C(C)(C)C)c1ccc(F)cc1C3=C=O. The van der Waals surface area contributed by atoms with Gasteiger partial charge >= 0.3 is 6.09 Å². The summed E-state index contributed by atoms with van der Waals surface area (Å²) in [6, 6.07) is 3.66. The number of fused-ring (bicyclic) bond motifs is 3. The van der Waals surface area contributed by atoms with Crippen LogP contribution in [0, 0.1) is 5.82 Å². The summed E-state index contributed by atoms with van der Waals surface area (Å²) in [5.41, 5.74) is 0.250. The number of amides is 1. The Morgan fingerprint density at radius 3 is 2.39 bits per heavy atom. The van der Waals surface area contributed by atoms with Gasteiger partial charge in [-0.1, -0.05) is 27.7 Å². The summed E-state index contributed by atoms with van der Waals surface area (Å²) in [5, 5.41) is 11.6. The van der Waals surface area contributed by atoms with Crippen molar-refractivity contribution >= 4 is 43.5 Å². The van der Waals surface area contributed by atoms with E-state index in [0.29, 0.717) is 28.2 Å². The maximum absolute atomic E-state index is 15.1. The van der Waals surface area contributed by atoms with E-state index in [4.69, 9.17) is 13.9 Å². The third kappa shape index (κ3) is 5.84. The molecule has 1 aromatic rings. The molecule has 1 saturated heterocycles. The number of benzene rings is 1. The molecule has 1 aromatic carbocycles. The molecule has 0 saturated carbocycles. The van der Waals surface area contributed by atoms with E-state index in [-0.39, 0.29) is 65.9 Å². The number of ether oxygens (including phenoxy) is 2. The van der Waals surface area contributed by atoms with Crippen LogP contribution in [0.1, 0.15) is 60.5 Å². The quantitative estimate of drug-likeness (QED) is 0.327. The molecule has 0 aromatic heterocycles. The van der Waals surface area contributed by atoms with Crippen molar-refractivity contribution in [1.82, 2.24) is 9.80 Å². The van der Waals surface area contributed by atoms with Crippen LogP contribution in [0.4, 0.5) is 14.9 Å². The van der Waals surface area contributed by atoms with Crippen LogP contribution in [-0.4, -0.2) is 96.7 Å². The molecule has 5 aliphatic heterocycles. The van der Waals surface area contributed by atoms with E-state index in [9.17, 15) is 24.3 Å². The lowest BCUT2D eigenvalue weighted by molar-refractivity contribution is 0.0272. The molecule has 11 nitrogen and oxygen atoms in total. The fourth-order valence-electron chi connectivity index (χ4n) is 7.25. The second-order valence-corrected chi connectivity index (χ2v) is 20.8.